The molecule has 3 aromatic rings. The Morgan fingerprint density at radius 2 is 1.97 bits per heavy atom. The van der Waals surface area contributed by atoms with Crippen molar-refractivity contribution in [3.05, 3.63) is 93.5 Å². The molecule has 1 aliphatic rings. The average Bonchev–Trinajstić information content (AvgIpc) is 3.39. The van der Waals surface area contributed by atoms with E-state index < -0.39 is 23.7 Å². The molecule has 1 aromatic heterocycles. The molecule has 1 saturated heterocycles. The van der Waals surface area contributed by atoms with Crippen LogP contribution in [-0.2, 0) is 14.3 Å². The van der Waals surface area contributed by atoms with Crippen molar-refractivity contribution in [3.8, 4) is 5.75 Å². The molecule has 1 atom stereocenters. The number of esters is 1. The van der Waals surface area contributed by atoms with Crippen molar-refractivity contribution < 1.29 is 29.0 Å². The highest BCUT2D eigenvalue weighted by Crippen LogP contribution is 2.44. The summed E-state index contributed by atoms with van der Waals surface area (Å²) in [5.74, 6) is -2.30. The fourth-order valence-electron chi connectivity index (χ4n) is 3.79. The van der Waals surface area contributed by atoms with Crippen molar-refractivity contribution in [2.24, 2.45) is 0 Å². The van der Waals surface area contributed by atoms with E-state index in [1.54, 1.807) is 55.5 Å². The first-order valence-corrected chi connectivity index (χ1v) is 11.9. The maximum atomic E-state index is 13.3. The number of aliphatic hydroxyl groups is 1. The van der Waals surface area contributed by atoms with Gasteiger partial charge >= 0.3 is 11.9 Å². The van der Waals surface area contributed by atoms with Crippen LogP contribution in [-0.4, -0.2) is 41.5 Å². The number of aliphatic hydroxyl groups excluding tert-OH is 1. The second kappa shape index (κ2) is 10.3. The molecular formula is C26H21ClN2O6S. The van der Waals surface area contributed by atoms with Crippen LogP contribution in [0.15, 0.2) is 66.8 Å². The molecule has 1 N–H and O–H groups in total. The van der Waals surface area contributed by atoms with Crippen LogP contribution in [0.1, 0.15) is 32.5 Å². The topological polar surface area (TPSA) is 106 Å². The van der Waals surface area contributed by atoms with Gasteiger partial charge in [0.2, 0.25) is 0 Å². The third-order valence-electron chi connectivity index (χ3n) is 5.48. The number of thiazole rings is 1. The van der Waals surface area contributed by atoms with Gasteiger partial charge in [0, 0.05) is 10.6 Å². The fraction of sp³-hybridized carbons (Fsp3) is 0.154. The van der Waals surface area contributed by atoms with Crippen LogP contribution in [0.2, 0.25) is 5.02 Å². The number of carbonyl (C=O) groups is 3. The monoisotopic (exact) mass is 524 g/mol. The Hall–Kier alpha value is -3.95. The Bertz CT molecular complexity index is 1400. The lowest BCUT2D eigenvalue weighted by Gasteiger charge is -2.23. The summed E-state index contributed by atoms with van der Waals surface area (Å²) >= 11 is 6.99. The minimum absolute atomic E-state index is 0.0152. The third kappa shape index (κ3) is 4.62. The van der Waals surface area contributed by atoms with Crippen LogP contribution in [0, 0.1) is 6.92 Å². The van der Waals surface area contributed by atoms with Crippen molar-refractivity contribution in [1.29, 1.82) is 0 Å². The first-order chi connectivity index (χ1) is 17.3. The van der Waals surface area contributed by atoms with Crippen LogP contribution in [0.5, 0.6) is 5.75 Å². The SMILES string of the molecule is C=CCOC(=O)c1sc(N2C(=O)C(=O)/C(=C(/O)c3cccc(OC)c3)C2c2ccc(Cl)cc2)nc1C. The van der Waals surface area contributed by atoms with Gasteiger partial charge in [-0.15, -0.1) is 0 Å². The lowest BCUT2D eigenvalue weighted by atomic mass is 9.95. The van der Waals surface area contributed by atoms with E-state index in [9.17, 15) is 19.5 Å². The van der Waals surface area contributed by atoms with Gasteiger partial charge in [0.05, 0.1) is 24.4 Å². The van der Waals surface area contributed by atoms with Crippen molar-refractivity contribution >= 4 is 51.5 Å². The zero-order chi connectivity index (χ0) is 26.0. The summed E-state index contributed by atoms with van der Waals surface area (Å²) in [5.41, 5.74) is 1.04. The van der Waals surface area contributed by atoms with Crippen molar-refractivity contribution in [3.63, 3.8) is 0 Å². The number of nitrogens with zero attached hydrogens (tertiary/aromatic N) is 2. The predicted octanol–water partition coefficient (Wildman–Crippen LogP) is 5.08. The number of carbonyl (C=O) groups excluding carboxylic acids is 3. The lowest BCUT2D eigenvalue weighted by molar-refractivity contribution is -0.132. The number of ketones is 1. The molecule has 1 amide bonds. The maximum absolute atomic E-state index is 13.3. The Morgan fingerprint density at radius 1 is 1.25 bits per heavy atom. The smallest absolute Gasteiger partial charge is 0.350 e. The second-order valence-electron chi connectivity index (χ2n) is 7.75. The standard InChI is InChI=1S/C26H21ClN2O6S/c1-4-12-35-25(33)23-14(2)28-26(36-23)29-20(15-8-10-17(27)11-9-15)19(22(31)24(29)32)21(30)16-6-5-7-18(13-16)34-3/h4-11,13,20,30H,1,12H2,2-3H3/b21-19+. The van der Waals surface area contributed by atoms with E-state index in [4.69, 9.17) is 21.1 Å². The molecule has 184 valence electrons. The van der Waals surface area contributed by atoms with Gasteiger partial charge in [0.1, 0.15) is 23.0 Å². The number of aryl methyl sites for hydroxylation is 1. The minimum atomic E-state index is -1.02. The first kappa shape index (κ1) is 25.2. The average molecular weight is 525 g/mol. The van der Waals surface area contributed by atoms with Gasteiger partial charge in [-0.2, -0.15) is 0 Å². The van der Waals surface area contributed by atoms with Crippen LogP contribution in [0.25, 0.3) is 5.76 Å². The number of aromatic nitrogens is 1. The van der Waals surface area contributed by atoms with Gasteiger partial charge in [0.15, 0.2) is 5.13 Å². The largest absolute Gasteiger partial charge is 0.507 e. The van der Waals surface area contributed by atoms with Gasteiger partial charge in [-0.3, -0.25) is 14.5 Å². The van der Waals surface area contributed by atoms with Crippen LogP contribution in [0.3, 0.4) is 0 Å². The third-order valence-corrected chi connectivity index (χ3v) is 6.87. The molecule has 8 nitrogen and oxygen atoms in total. The fourth-order valence-corrected chi connectivity index (χ4v) is 4.90. The molecule has 0 radical (unpaired) electrons. The van der Waals surface area contributed by atoms with Crippen LogP contribution in [0.4, 0.5) is 5.13 Å². The Balaban J connectivity index is 1.88. The molecule has 10 heteroatoms. The molecule has 4 rings (SSSR count). The molecule has 2 aromatic carbocycles. The molecule has 2 heterocycles. The quantitative estimate of drug-likeness (QED) is 0.151. The number of halogens is 1. The number of ether oxygens (including phenoxy) is 2. The van der Waals surface area contributed by atoms with Gasteiger partial charge in [-0.05, 0) is 36.8 Å². The molecule has 0 aliphatic carbocycles. The summed E-state index contributed by atoms with van der Waals surface area (Å²) in [4.78, 5) is 44.8. The molecule has 0 bridgehead atoms. The summed E-state index contributed by atoms with van der Waals surface area (Å²) in [6.45, 7) is 5.14. The summed E-state index contributed by atoms with van der Waals surface area (Å²) < 4.78 is 10.3. The molecule has 36 heavy (non-hydrogen) atoms. The van der Waals surface area contributed by atoms with E-state index in [1.807, 2.05) is 0 Å². The number of hydrogen-bond donors (Lipinski definition) is 1. The molecular weight excluding hydrogens is 504 g/mol. The van der Waals surface area contributed by atoms with Gasteiger partial charge in [0.25, 0.3) is 5.78 Å². The van der Waals surface area contributed by atoms with Crippen LogP contribution < -0.4 is 9.64 Å². The number of rotatable bonds is 7. The molecule has 1 unspecified atom stereocenters. The normalized spacial score (nSPS) is 16.8. The zero-order valence-electron chi connectivity index (χ0n) is 19.4. The van der Waals surface area contributed by atoms with E-state index in [0.717, 1.165) is 11.3 Å². The summed E-state index contributed by atoms with van der Waals surface area (Å²) in [5, 5.41) is 11.8. The van der Waals surface area contributed by atoms with Crippen molar-refractivity contribution in [2.75, 3.05) is 18.6 Å². The molecule has 1 fully saturated rings. The number of Topliss-reactive ketones (excluding diaryl/α,β-unsaturated/α-hetero) is 1. The highest BCUT2D eigenvalue weighted by Gasteiger charge is 2.48. The van der Waals surface area contributed by atoms with E-state index in [2.05, 4.69) is 11.6 Å². The summed E-state index contributed by atoms with van der Waals surface area (Å²) in [6.07, 6.45) is 1.44. The van der Waals surface area contributed by atoms with Gasteiger partial charge in [-0.25, -0.2) is 9.78 Å². The van der Waals surface area contributed by atoms with E-state index in [-0.39, 0.29) is 27.9 Å². The van der Waals surface area contributed by atoms with E-state index in [1.165, 1.54) is 18.1 Å². The van der Waals surface area contributed by atoms with Gasteiger partial charge in [-0.1, -0.05) is 59.9 Å². The lowest BCUT2D eigenvalue weighted by Crippen LogP contribution is -2.29. The zero-order valence-corrected chi connectivity index (χ0v) is 20.9. The van der Waals surface area contributed by atoms with Gasteiger partial charge < -0.3 is 14.6 Å². The highest BCUT2D eigenvalue weighted by molar-refractivity contribution is 7.17. The van der Waals surface area contributed by atoms with E-state index >= 15 is 0 Å². The Morgan fingerprint density at radius 3 is 2.64 bits per heavy atom. The van der Waals surface area contributed by atoms with Crippen molar-refractivity contribution in [1.82, 2.24) is 4.98 Å². The number of benzene rings is 2. The highest BCUT2D eigenvalue weighted by atomic mass is 35.5. The number of methoxy groups -OCH3 is 1. The summed E-state index contributed by atoms with van der Waals surface area (Å²) in [7, 11) is 1.48. The Labute approximate surface area is 216 Å². The number of anilines is 1. The van der Waals surface area contributed by atoms with Crippen molar-refractivity contribution in [2.45, 2.75) is 13.0 Å². The molecule has 0 saturated carbocycles. The van der Waals surface area contributed by atoms with Crippen LogP contribution >= 0.6 is 22.9 Å². The van der Waals surface area contributed by atoms with E-state index in [0.29, 0.717) is 27.6 Å². The first-order valence-electron chi connectivity index (χ1n) is 10.7. The number of amides is 1. The Kier molecular flexibility index (Phi) is 7.23. The second-order valence-corrected chi connectivity index (χ2v) is 9.16. The predicted molar refractivity (Wildman–Crippen MR) is 137 cm³/mol. The number of hydrogen-bond acceptors (Lipinski definition) is 8. The maximum Gasteiger partial charge on any atom is 0.350 e. The molecule has 1 aliphatic heterocycles. The molecule has 0 spiro atoms. The minimum Gasteiger partial charge on any atom is -0.507 e. The summed E-state index contributed by atoms with van der Waals surface area (Å²) in [6, 6.07) is 12.0.